The summed E-state index contributed by atoms with van der Waals surface area (Å²) in [7, 11) is 1.59. The highest BCUT2D eigenvalue weighted by atomic mass is 16.5. The third-order valence-corrected chi connectivity index (χ3v) is 3.66. The van der Waals surface area contributed by atoms with Gasteiger partial charge in [-0.1, -0.05) is 0 Å². The molecule has 0 aromatic carbocycles. The van der Waals surface area contributed by atoms with Crippen molar-refractivity contribution in [3.05, 3.63) is 0 Å². The largest absolute Gasteiger partial charge is 0.380 e. The van der Waals surface area contributed by atoms with Crippen LogP contribution in [0, 0.1) is 0 Å². The zero-order valence-corrected chi connectivity index (χ0v) is 10.5. The molecule has 2 fully saturated rings. The topological polar surface area (TPSA) is 67.6 Å². The van der Waals surface area contributed by atoms with E-state index in [4.69, 9.17) is 10.5 Å². The summed E-state index contributed by atoms with van der Waals surface area (Å²) in [6.07, 6.45) is 3.95. The average molecular weight is 241 g/mol. The lowest BCUT2D eigenvalue weighted by Crippen LogP contribution is -2.40. The van der Waals surface area contributed by atoms with E-state index in [1.807, 2.05) is 0 Å². The maximum atomic E-state index is 11.8. The lowest BCUT2D eigenvalue weighted by molar-refractivity contribution is -0.124. The van der Waals surface area contributed by atoms with Crippen molar-refractivity contribution in [3.63, 3.8) is 0 Å². The van der Waals surface area contributed by atoms with Gasteiger partial charge in [0.05, 0.1) is 12.5 Å². The molecule has 98 valence electrons. The fourth-order valence-corrected chi connectivity index (χ4v) is 2.43. The van der Waals surface area contributed by atoms with Crippen LogP contribution in [0.4, 0.5) is 0 Å². The van der Waals surface area contributed by atoms with Crippen LogP contribution in [0.2, 0.25) is 0 Å². The van der Waals surface area contributed by atoms with Crippen molar-refractivity contribution >= 4 is 5.91 Å². The maximum absolute atomic E-state index is 11.8. The summed E-state index contributed by atoms with van der Waals surface area (Å²) in [4.78, 5) is 14.2. The van der Waals surface area contributed by atoms with E-state index < -0.39 is 0 Å². The highest BCUT2D eigenvalue weighted by molar-refractivity contribution is 5.76. The van der Waals surface area contributed by atoms with Crippen molar-refractivity contribution in [2.75, 3.05) is 26.7 Å². The van der Waals surface area contributed by atoms with Crippen molar-refractivity contribution < 1.29 is 9.53 Å². The van der Waals surface area contributed by atoms with E-state index in [0.717, 1.165) is 25.6 Å². The Balaban J connectivity index is 1.68. The van der Waals surface area contributed by atoms with E-state index in [1.54, 1.807) is 7.11 Å². The molecule has 1 saturated heterocycles. The zero-order valence-electron chi connectivity index (χ0n) is 10.5. The van der Waals surface area contributed by atoms with Crippen LogP contribution < -0.4 is 11.1 Å². The number of hydrogen-bond donors (Lipinski definition) is 2. The minimum Gasteiger partial charge on any atom is -0.380 e. The standard InChI is InChI=1S/C12H23N3O2/c1-17-11(7-13)6-12(16)14-9-4-5-15(8-9)10-2-3-10/h9-11H,2-8,13H2,1H3,(H,14,16). The Morgan fingerprint density at radius 3 is 2.88 bits per heavy atom. The third-order valence-electron chi connectivity index (χ3n) is 3.66. The number of nitrogens with zero attached hydrogens (tertiary/aromatic N) is 1. The van der Waals surface area contributed by atoms with Crippen LogP contribution in [-0.4, -0.2) is 55.7 Å². The minimum absolute atomic E-state index is 0.0601. The SMILES string of the molecule is COC(CN)CC(=O)NC1CCN(C2CC2)C1. The van der Waals surface area contributed by atoms with Crippen LogP contribution in [0.15, 0.2) is 0 Å². The van der Waals surface area contributed by atoms with Gasteiger partial charge in [0.25, 0.3) is 0 Å². The van der Waals surface area contributed by atoms with Crippen LogP contribution in [-0.2, 0) is 9.53 Å². The van der Waals surface area contributed by atoms with E-state index in [1.165, 1.54) is 12.8 Å². The molecule has 0 bridgehead atoms. The van der Waals surface area contributed by atoms with Crippen LogP contribution >= 0.6 is 0 Å². The van der Waals surface area contributed by atoms with Crippen molar-refractivity contribution in [3.8, 4) is 0 Å². The number of amides is 1. The number of nitrogens with one attached hydrogen (secondary N) is 1. The Hall–Kier alpha value is -0.650. The van der Waals surface area contributed by atoms with Gasteiger partial charge in [-0.2, -0.15) is 0 Å². The number of rotatable bonds is 6. The summed E-state index contributed by atoms with van der Waals surface area (Å²) in [5.41, 5.74) is 5.50. The van der Waals surface area contributed by atoms with Crippen LogP contribution in [0.5, 0.6) is 0 Å². The molecule has 2 aliphatic rings. The first kappa shape index (κ1) is 12.8. The molecular weight excluding hydrogens is 218 g/mol. The Labute approximate surface area is 103 Å². The smallest absolute Gasteiger partial charge is 0.222 e. The van der Waals surface area contributed by atoms with Gasteiger partial charge in [-0.3, -0.25) is 9.69 Å². The molecule has 2 rings (SSSR count). The van der Waals surface area contributed by atoms with E-state index in [2.05, 4.69) is 10.2 Å². The third kappa shape index (κ3) is 3.66. The molecule has 0 aromatic rings. The second-order valence-corrected chi connectivity index (χ2v) is 5.08. The maximum Gasteiger partial charge on any atom is 0.222 e. The van der Waals surface area contributed by atoms with E-state index in [-0.39, 0.29) is 12.0 Å². The lowest BCUT2D eigenvalue weighted by Gasteiger charge is -2.17. The number of carbonyl (C=O) groups excluding carboxylic acids is 1. The summed E-state index contributed by atoms with van der Waals surface area (Å²) in [6.45, 7) is 2.53. The second-order valence-electron chi connectivity index (χ2n) is 5.08. The molecule has 1 heterocycles. The first-order valence-corrected chi connectivity index (χ1v) is 6.49. The normalized spacial score (nSPS) is 27.1. The first-order valence-electron chi connectivity index (χ1n) is 6.49. The molecule has 1 amide bonds. The molecule has 17 heavy (non-hydrogen) atoms. The number of hydrogen-bond acceptors (Lipinski definition) is 4. The van der Waals surface area contributed by atoms with E-state index >= 15 is 0 Å². The molecule has 0 aromatic heterocycles. The Kier molecular flexibility index (Phi) is 4.36. The van der Waals surface area contributed by atoms with Gasteiger partial charge >= 0.3 is 0 Å². The monoisotopic (exact) mass is 241 g/mol. The van der Waals surface area contributed by atoms with Crippen molar-refractivity contribution in [1.29, 1.82) is 0 Å². The quantitative estimate of drug-likeness (QED) is 0.670. The molecule has 2 unspecified atom stereocenters. The fourth-order valence-electron chi connectivity index (χ4n) is 2.43. The Bertz CT molecular complexity index is 264. The summed E-state index contributed by atoms with van der Waals surface area (Å²) in [6, 6.07) is 1.12. The molecule has 0 radical (unpaired) electrons. The van der Waals surface area contributed by atoms with Gasteiger partial charge in [0.2, 0.25) is 5.91 Å². The van der Waals surface area contributed by atoms with Gasteiger partial charge < -0.3 is 15.8 Å². The van der Waals surface area contributed by atoms with Crippen molar-refractivity contribution in [2.45, 2.75) is 43.9 Å². The van der Waals surface area contributed by atoms with Gasteiger partial charge in [-0.25, -0.2) is 0 Å². The van der Waals surface area contributed by atoms with Crippen molar-refractivity contribution in [1.82, 2.24) is 10.2 Å². The molecule has 5 heteroatoms. The number of likely N-dealkylation sites (tertiary alicyclic amines) is 1. The average Bonchev–Trinajstić information content (AvgIpc) is 3.08. The summed E-state index contributed by atoms with van der Waals surface area (Å²) >= 11 is 0. The molecule has 1 aliphatic heterocycles. The van der Waals surface area contributed by atoms with Crippen LogP contribution in [0.3, 0.4) is 0 Å². The fraction of sp³-hybridized carbons (Fsp3) is 0.917. The Morgan fingerprint density at radius 1 is 1.53 bits per heavy atom. The highest BCUT2D eigenvalue weighted by Gasteiger charge is 2.34. The molecule has 1 aliphatic carbocycles. The molecule has 5 nitrogen and oxygen atoms in total. The number of ether oxygens (including phenoxy) is 1. The minimum atomic E-state index is -0.157. The van der Waals surface area contributed by atoms with Gasteiger partial charge in [0.15, 0.2) is 0 Å². The van der Waals surface area contributed by atoms with Gasteiger partial charge in [-0.15, -0.1) is 0 Å². The number of carbonyl (C=O) groups is 1. The molecule has 0 spiro atoms. The molecule has 3 N–H and O–H groups in total. The molecule has 2 atom stereocenters. The lowest BCUT2D eigenvalue weighted by atomic mass is 10.2. The van der Waals surface area contributed by atoms with Gasteiger partial charge in [0, 0.05) is 38.8 Å². The second kappa shape index (κ2) is 5.80. The van der Waals surface area contributed by atoms with E-state index in [0.29, 0.717) is 19.0 Å². The van der Waals surface area contributed by atoms with Gasteiger partial charge in [-0.05, 0) is 19.3 Å². The van der Waals surface area contributed by atoms with E-state index in [9.17, 15) is 4.79 Å². The van der Waals surface area contributed by atoms with Crippen molar-refractivity contribution in [2.24, 2.45) is 5.73 Å². The Morgan fingerprint density at radius 2 is 2.29 bits per heavy atom. The molecule has 1 saturated carbocycles. The number of nitrogens with two attached hydrogens (primary N) is 1. The predicted molar refractivity (Wildman–Crippen MR) is 65.6 cm³/mol. The highest BCUT2D eigenvalue weighted by Crippen LogP contribution is 2.29. The summed E-state index contributed by atoms with van der Waals surface area (Å²) < 4.78 is 5.11. The van der Waals surface area contributed by atoms with Crippen LogP contribution in [0.25, 0.3) is 0 Å². The summed E-state index contributed by atoms with van der Waals surface area (Å²) in [5.74, 6) is 0.0601. The first-order chi connectivity index (χ1) is 8.22. The van der Waals surface area contributed by atoms with Gasteiger partial charge in [0.1, 0.15) is 0 Å². The zero-order chi connectivity index (χ0) is 12.3. The number of methoxy groups -OCH3 is 1. The van der Waals surface area contributed by atoms with Crippen LogP contribution in [0.1, 0.15) is 25.7 Å². The molecular formula is C12H23N3O2. The summed E-state index contributed by atoms with van der Waals surface area (Å²) in [5, 5.41) is 3.07. The predicted octanol–water partition coefficient (Wildman–Crippen LogP) is -0.297.